The van der Waals surface area contributed by atoms with Gasteiger partial charge < -0.3 is 11.1 Å². The number of hydrogen-bond acceptors (Lipinski definition) is 4. The molecule has 1 saturated heterocycles. The lowest BCUT2D eigenvalue weighted by molar-refractivity contribution is -0.173. The van der Waals surface area contributed by atoms with Gasteiger partial charge in [-0.3, -0.25) is 9.59 Å². The quantitative estimate of drug-likeness (QED) is 0.836. The number of hydrazine groups is 1. The van der Waals surface area contributed by atoms with Crippen molar-refractivity contribution in [3.05, 3.63) is 30.3 Å². The molecule has 6 nitrogen and oxygen atoms in total. The van der Waals surface area contributed by atoms with Crippen molar-refractivity contribution in [3.63, 3.8) is 0 Å². The molecular weight excluding hydrogens is 325 g/mol. The van der Waals surface area contributed by atoms with E-state index < -0.39 is 24.2 Å². The van der Waals surface area contributed by atoms with Crippen LogP contribution in [0.1, 0.15) is 13.3 Å². The molecule has 0 aliphatic carbocycles. The Hall–Kier alpha value is -2.13. The number of anilines is 1. The number of carbonyl (C=O) groups excluding carboxylic acids is 2. The van der Waals surface area contributed by atoms with Crippen LogP contribution in [0.5, 0.6) is 0 Å². The molecule has 0 saturated carbocycles. The van der Waals surface area contributed by atoms with Gasteiger partial charge in [0.25, 0.3) is 5.91 Å². The van der Waals surface area contributed by atoms with Crippen LogP contribution in [-0.2, 0) is 9.59 Å². The van der Waals surface area contributed by atoms with Crippen molar-refractivity contribution in [2.45, 2.75) is 31.6 Å². The average molecular weight is 344 g/mol. The van der Waals surface area contributed by atoms with E-state index in [2.05, 4.69) is 0 Å². The van der Waals surface area contributed by atoms with Crippen molar-refractivity contribution in [2.24, 2.45) is 5.73 Å². The van der Waals surface area contributed by atoms with Gasteiger partial charge in [-0.15, -0.1) is 0 Å². The number of nitrogens with zero attached hydrogens (tertiary/aromatic N) is 2. The highest BCUT2D eigenvalue weighted by molar-refractivity contribution is 5.99. The summed E-state index contributed by atoms with van der Waals surface area (Å²) in [7, 11) is 0. The van der Waals surface area contributed by atoms with E-state index in [0.717, 1.165) is 0 Å². The predicted molar refractivity (Wildman–Crippen MR) is 81.8 cm³/mol. The molecule has 1 aliphatic heterocycles. The molecule has 0 bridgehead atoms. The molecule has 2 atom stereocenters. The minimum Gasteiger partial charge on any atom is -0.348 e. The summed E-state index contributed by atoms with van der Waals surface area (Å²) in [4.78, 5) is 23.3. The molecule has 2 unspecified atom stereocenters. The summed E-state index contributed by atoms with van der Waals surface area (Å²) >= 11 is 0. The normalized spacial score (nSPS) is 22.0. The maximum Gasteiger partial charge on any atom is 0.471 e. The molecule has 1 aliphatic rings. The topological polar surface area (TPSA) is 78.7 Å². The smallest absolute Gasteiger partial charge is 0.348 e. The van der Waals surface area contributed by atoms with Gasteiger partial charge in [0.15, 0.2) is 0 Å². The van der Waals surface area contributed by atoms with E-state index in [1.165, 1.54) is 5.01 Å². The van der Waals surface area contributed by atoms with Gasteiger partial charge >= 0.3 is 12.1 Å². The average Bonchev–Trinajstić information content (AvgIpc) is 2.78. The third-order valence-electron chi connectivity index (χ3n) is 3.86. The fourth-order valence-corrected chi connectivity index (χ4v) is 2.75. The van der Waals surface area contributed by atoms with Gasteiger partial charge in [0.1, 0.15) is 6.04 Å². The highest BCUT2D eigenvalue weighted by atomic mass is 19.4. The number of halogens is 3. The molecule has 24 heavy (non-hydrogen) atoms. The molecule has 132 valence electrons. The zero-order valence-corrected chi connectivity index (χ0v) is 13.1. The van der Waals surface area contributed by atoms with Crippen LogP contribution < -0.4 is 16.1 Å². The number of benzene rings is 1. The van der Waals surface area contributed by atoms with E-state index in [9.17, 15) is 22.8 Å². The summed E-state index contributed by atoms with van der Waals surface area (Å²) in [5.41, 5.74) is 6.59. The van der Waals surface area contributed by atoms with E-state index in [1.54, 1.807) is 29.3 Å². The summed E-state index contributed by atoms with van der Waals surface area (Å²) in [5.74, 6) is -2.32. The van der Waals surface area contributed by atoms with Crippen molar-refractivity contribution in [1.29, 1.82) is 0 Å². The largest absolute Gasteiger partial charge is 0.471 e. The molecule has 1 aromatic rings. The number of nitrogens with one attached hydrogen (secondary N) is 1. The first kappa shape index (κ1) is 18.2. The Morgan fingerprint density at radius 1 is 1.29 bits per heavy atom. The van der Waals surface area contributed by atoms with Crippen LogP contribution in [0.4, 0.5) is 18.9 Å². The molecule has 2 rings (SSSR count). The minimum absolute atomic E-state index is 0.131. The third-order valence-corrected chi connectivity index (χ3v) is 3.86. The first-order chi connectivity index (χ1) is 11.3. The lowest BCUT2D eigenvalue weighted by atomic mass is 10.1. The molecule has 1 fully saturated rings. The maximum atomic E-state index is 12.4. The number of amides is 2. The number of rotatable bonds is 5. The van der Waals surface area contributed by atoms with Gasteiger partial charge in [-0.1, -0.05) is 25.1 Å². The Kier molecular flexibility index (Phi) is 5.45. The lowest BCUT2D eigenvalue weighted by Gasteiger charge is -2.31. The number of para-hydroxylation sites is 1. The molecule has 2 amide bonds. The van der Waals surface area contributed by atoms with Crippen molar-refractivity contribution in [2.75, 3.05) is 18.1 Å². The Labute approximate surface area is 137 Å². The van der Waals surface area contributed by atoms with Crippen LogP contribution >= 0.6 is 0 Å². The van der Waals surface area contributed by atoms with Gasteiger partial charge in [0.05, 0.1) is 11.7 Å². The summed E-state index contributed by atoms with van der Waals surface area (Å²) < 4.78 is 36.6. The van der Waals surface area contributed by atoms with E-state index in [4.69, 9.17) is 5.73 Å². The summed E-state index contributed by atoms with van der Waals surface area (Å²) in [6.45, 7) is 2.05. The Morgan fingerprint density at radius 3 is 2.46 bits per heavy atom. The SMILES string of the molecule is CCN1C(CCNC(=O)C(F)(F)F)C(N)C(=O)N1c1ccccc1. The summed E-state index contributed by atoms with van der Waals surface area (Å²) in [6, 6.07) is 7.51. The second kappa shape index (κ2) is 7.18. The van der Waals surface area contributed by atoms with Crippen molar-refractivity contribution in [3.8, 4) is 0 Å². The van der Waals surface area contributed by atoms with Crippen LogP contribution in [0, 0.1) is 0 Å². The predicted octanol–water partition coefficient (Wildman–Crippen LogP) is 1.03. The number of hydrogen-bond donors (Lipinski definition) is 2. The van der Waals surface area contributed by atoms with Crippen molar-refractivity contribution >= 4 is 17.5 Å². The number of nitrogens with two attached hydrogens (primary N) is 1. The highest BCUT2D eigenvalue weighted by Crippen LogP contribution is 2.27. The van der Waals surface area contributed by atoms with Crippen LogP contribution in [0.15, 0.2) is 30.3 Å². The molecule has 9 heteroatoms. The molecule has 1 aromatic carbocycles. The minimum atomic E-state index is -4.92. The van der Waals surface area contributed by atoms with Crippen molar-refractivity contribution < 1.29 is 22.8 Å². The third kappa shape index (κ3) is 3.68. The van der Waals surface area contributed by atoms with Crippen LogP contribution in [0.3, 0.4) is 0 Å². The number of likely N-dealkylation sites (N-methyl/N-ethyl adjacent to an activating group) is 1. The zero-order valence-electron chi connectivity index (χ0n) is 13.1. The Balaban J connectivity index is 2.07. The van der Waals surface area contributed by atoms with Crippen molar-refractivity contribution in [1.82, 2.24) is 10.3 Å². The standard InChI is InChI=1S/C15H19F3N4O2/c1-2-21-11(8-9-20-14(24)15(16,17)18)12(19)13(23)22(21)10-6-4-3-5-7-10/h3-7,11-12H,2,8-9,19H2,1H3,(H,20,24). The summed E-state index contributed by atoms with van der Waals surface area (Å²) in [6.07, 6.45) is -4.79. The van der Waals surface area contributed by atoms with Gasteiger partial charge in [0.2, 0.25) is 0 Å². The van der Waals surface area contributed by atoms with E-state index in [0.29, 0.717) is 12.2 Å². The first-order valence-electron chi connectivity index (χ1n) is 7.53. The second-order valence-electron chi connectivity index (χ2n) is 5.38. The molecule has 0 aromatic heterocycles. The fourth-order valence-electron chi connectivity index (χ4n) is 2.75. The van der Waals surface area contributed by atoms with E-state index in [1.807, 2.05) is 18.3 Å². The second-order valence-corrected chi connectivity index (χ2v) is 5.38. The Morgan fingerprint density at radius 2 is 1.92 bits per heavy atom. The van der Waals surface area contributed by atoms with Crippen LogP contribution in [0.25, 0.3) is 0 Å². The number of carbonyl (C=O) groups is 2. The van der Waals surface area contributed by atoms with Gasteiger partial charge in [0, 0.05) is 13.1 Å². The highest BCUT2D eigenvalue weighted by Gasteiger charge is 2.44. The summed E-state index contributed by atoms with van der Waals surface area (Å²) in [5, 5.41) is 4.96. The first-order valence-corrected chi connectivity index (χ1v) is 7.53. The van der Waals surface area contributed by atoms with Gasteiger partial charge in [-0.05, 0) is 18.6 Å². The van der Waals surface area contributed by atoms with E-state index in [-0.39, 0.29) is 18.9 Å². The monoisotopic (exact) mass is 344 g/mol. The number of alkyl halides is 3. The molecule has 0 spiro atoms. The molecule has 0 radical (unpaired) electrons. The van der Waals surface area contributed by atoms with Crippen LogP contribution in [-0.4, -0.2) is 48.2 Å². The molecule has 1 heterocycles. The van der Waals surface area contributed by atoms with E-state index >= 15 is 0 Å². The fraction of sp³-hybridized carbons (Fsp3) is 0.467. The van der Waals surface area contributed by atoms with Gasteiger partial charge in [-0.2, -0.15) is 13.2 Å². The lowest BCUT2D eigenvalue weighted by Crippen LogP contribution is -2.46. The van der Waals surface area contributed by atoms with Crippen LogP contribution in [0.2, 0.25) is 0 Å². The Bertz CT molecular complexity index is 594. The maximum absolute atomic E-state index is 12.4. The molecular formula is C15H19F3N4O2. The van der Waals surface area contributed by atoms with Gasteiger partial charge in [-0.25, -0.2) is 10.0 Å². The zero-order chi connectivity index (χ0) is 17.9. The molecule has 3 N–H and O–H groups in total.